The van der Waals surface area contributed by atoms with Crippen LogP contribution in [0.15, 0.2) is 0 Å². The van der Waals surface area contributed by atoms with Crippen LogP contribution in [0.25, 0.3) is 0 Å². The van der Waals surface area contributed by atoms with E-state index in [1.165, 1.54) is 12.8 Å². The van der Waals surface area contributed by atoms with Crippen molar-refractivity contribution in [2.45, 2.75) is 18.5 Å². The van der Waals surface area contributed by atoms with Gasteiger partial charge >= 0.3 is 0 Å². The van der Waals surface area contributed by atoms with E-state index in [2.05, 4.69) is 9.24 Å². The molecular weight excluding hydrogens is 147 g/mol. The lowest BCUT2D eigenvalue weighted by Crippen LogP contribution is -3.00. The molecule has 2 heteroatoms. The van der Waals surface area contributed by atoms with Gasteiger partial charge < -0.3 is 17.0 Å². The van der Waals surface area contributed by atoms with E-state index < -0.39 is 0 Å². The van der Waals surface area contributed by atoms with Gasteiger partial charge in [-0.25, -0.2) is 0 Å². The maximum absolute atomic E-state index is 2.11. The summed E-state index contributed by atoms with van der Waals surface area (Å²) in [6.45, 7) is 0. The summed E-state index contributed by atoms with van der Waals surface area (Å²) >= 11 is 0. The van der Waals surface area contributed by atoms with Gasteiger partial charge in [-0.2, -0.15) is 0 Å². The molecule has 5 heavy (non-hydrogen) atoms. The Morgan fingerprint density at radius 3 is 1.60 bits per heavy atom. The second-order valence-corrected chi connectivity index (χ2v) is 2.60. The van der Waals surface area contributed by atoms with Crippen molar-refractivity contribution in [2.24, 2.45) is 0 Å². The summed E-state index contributed by atoms with van der Waals surface area (Å²) in [5, 5.41) is 0. The molecular formula is C3H8BrP. The molecule has 0 aromatic rings. The first-order valence-corrected chi connectivity index (χ1v) is 2.54. The highest BCUT2D eigenvalue weighted by Crippen LogP contribution is 2.27. The van der Waals surface area contributed by atoms with Crippen LogP contribution in [0, 0.1) is 0 Å². The third kappa shape index (κ3) is 2.72. The molecule has 1 saturated carbocycles. The van der Waals surface area contributed by atoms with Crippen LogP contribution in [0.1, 0.15) is 12.8 Å². The summed E-state index contributed by atoms with van der Waals surface area (Å²) in [4.78, 5) is 0. The van der Waals surface area contributed by atoms with Crippen molar-refractivity contribution in [3.8, 4) is 0 Å². The van der Waals surface area contributed by atoms with Crippen molar-refractivity contribution in [3.63, 3.8) is 0 Å². The van der Waals surface area contributed by atoms with Gasteiger partial charge in [0.25, 0.3) is 0 Å². The summed E-state index contributed by atoms with van der Waals surface area (Å²) in [6.07, 6.45) is 3.00. The first kappa shape index (κ1) is 5.91. The molecule has 0 aromatic heterocycles. The third-order valence-corrected chi connectivity index (χ3v) is 1.51. The minimum absolute atomic E-state index is 0. The maximum atomic E-state index is 2.11. The minimum Gasteiger partial charge on any atom is -1.00 e. The minimum atomic E-state index is 0. The highest BCUT2D eigenvalue weighted by atomic mass is 79.9. The second-order valence-electron chi connectivity index (χ2n) is 1.44. The smallest absolute Gasteiger partial charge is 0.0633 e. The molecule has 1 atom stereocenters. The average Bonchev–Trinajstić information content (AvgIpc) is 1.75. The van der Waals surface area contributed by atoms with Crippen molar-refractivity contribution < 1.29 is 17.0 Å². The molecule has 1 unspecified atom stereocenters. The molecule has 0 heterocycles. The van der Waals surface area contributed by atoms with E-state index >= 15 is 0 Å². The quantitative estimate of drug-likeness (QED) is 0.347. The normalized spacial score (nSPS) is 21.6. The molecule has 32 valence electrons. The van der Waals surface area contributed by atoms with Crippen molar-refractivity contribution >= 4 is 9.24 Å². The predicted molar refractivity (Wildman–Crippen MR) is 24.1 cm³/mol. The molecule has 1 aliphatic carbocycles. The fourth-order valence-electron chi connectivity index (χ4n) is 0.118. The number of hydrogen-bond acceptors (Lipinski definition) is 0. The fourth-order valence-corrected chi connectivity index (χ4v) is 0.354. The molecule has 0 amide bonds. The molecule has 1 aliphatic rings. The predicted octanol–water partition coefficient (Wildman–Crippen LogP) is -2.24. The summed E-state index contributed by atoms with van der Waals surface area (Å²) in [5.74, 6) is 0. The topological polar surface area (TPSA) is 0 Å². The van der Waals surface area contributed by atoms with Crippen LogP contribution in [0.5, 0.6) is 0 Å². The molecule has 0 saturated heterocycles. The maximum Gasteiger partial charge on any atom is 0.0633 e. The van der Waals surface area contributed by atoms with Gasteiger partial charge in [0.1, 0.15) is 0 Å². The molecule has 1 rings (SSSR count). The van der Waals surface area contributed by atoms with Crippen LogP contribution in [0.3, 0.4) is 0 Å². The van der Waals surface area contributed by atoms with Crippen LogP contribution in [0.4, 0.5) is 0 Å². The van der Waals surface area contributed by atoms with E-state index in [1.54, 1.807) is 0 Å². The Labute approximate surface area is 45.3 Å². The van der Waals surface area contributed by atoms with Crippen LogP contribution < -0.4 is 17.0 Å². The molecule has 0 spiro atoms. The Bertz CT molecular complexity index is 26.1. The third-order valence-electron chi connectivity index (χ3n) is 0.697. The zero-order chi connectivity index (χ0) is 2.99. The van der Waals surface area contributed by atoms with Crippen molar-refractivity contribution in [1.29, 1.82) is 0 Å². The Kier molecular flexibility index (Phi) is 2.54. The highest BCUT2D eigenvalue weighted by Gasteiger charge is 2.19. The number of rotatable bonds is 0. The lowest BCUT2D eigenvalue weighted by atomic mass is 11.0. The van der Waals surface area contributed by atoms with Gasteiger partial charge in [-0.15, -0.1) is 0 Å². The monoisotopic (exact) mass is 154 g/mol. The van der Waals surface area contributed by atoms with Crippen molar-refractivity contribution in [3.05, 3.63) is 0 Å². The van der Waals surface area contributed by atoms with Crippen LogP contribution in [0.2, 0.25) is 0 Å². The summed E-state index contributed by atoms with van der Waals surface area (Å²) in [7, 11) is 2.11. The van der Waals surface area contributed by atoms with Gasteiger partial charge in [0.2, 0.25) is 0 Å². The summed E-state index contributed by atoms with van der Waals surface area (Å²) < 4.78 is 0. The first-order valence-electron chi connectivity index (χ1n) is 1.72. The molecule has 0 bridgehead atoms. The highest BCUT2D eigenvalue weighted by molar-refractivity contribution is 7.18. The molecule has 0 N–H and O–H groups in total. The van der Waals surface area contributed by atoms with Crippen molar-refractivity contribution in [2.75, 3.05) is 0 Å². The van der Waals surface area contributed by atoms with Gasteiger partial charge in [0.15, 0.2) is 0 Å². The molecule has 0 aromatic carbocycles. The lowest BCUT2D eigenvalue weighted by Gasteiger charge is -1.45. The van der Waals surface area contributed by atoms with Gasteiger partial charge in [-0.3, -0.25) is 0 Å². The Morgan fingerprint density at radius 1 is 1.40 bits per heavy atom. The second kappa shape index (κ2) is 2.15. The standard InChI is InChI=1S/C3H7P.BrH/c4-3-1-2-3;/h3H,1-2,4H2;1H. The SMILES string of the molecule is [Br-].[PH3+]C1CC1. The molecule has 1 fully saturated rings. The van der Waals surface area contributed by atoms with E-state index in [4.69, 9.17) is 0 Å². The molecule has 0 radical (unpaired) electrons. The zero-order valence-corrected chi connectivity index (χ0v) is 6.08. The van der Waals surface area contributed by atoms with Crippen LogP contribution in [-0.4, -0.2) is 5.66 Å². The van der Waals surface area contributed by atoms with Gasteiger partial charge in [-0.05, 0) is 22.1 Å². The van der Waals surface area contributed by atoms with E-state index in [-0.39, 0.29) is 17.0 Å². The Hall–Kier alpha value is 0.910. The van der Waals surface area contributed by atoms with E-state index in [0.717, 1.165) is 5.66 Å². The lowest BCUT2D eigenvalue weighted by molar-refractivity contribution is -0.000000755. The van der Waals surface area contributed by atoms with E-state index in [1.807, 2.05) is 0 Å². The van der Waals surface area contributed by atoms with E-state index in [9.17, 15) is 0 Å². The van der Waals surface area contributed by atoms with Gasteiger partial charge in [0.05, 0.1) is 5.66 Å². The summed E-state index contributed by atoms with van der Waals surface area (Å²) in [6, 6.07) is 0. The van der Waals surface area contributed by atoms with Crippen LogP contribution >= 0.6 is 9.24 Å². The van der Waals surface area contributed by atoms with Crippen LogP contribution in [-0.2, 0) is 0 Å². The molecule has 0 aliphatic heterocycles. The van der Waals surface area contributed by atoms with E-state index in [0.29, 0.717) is 0 Å². The largest absolute Gasteiger partial charge is 1.00 e. The van der Waals surface area contributed by atoms with Gasteiger partial charge in [-0.1, -0.05) is 0 Å². The average molecular weight is 155 g/mol. The van der Waals surface area contributed by atoms with Gasteiger partial charge in [0, 0.05) is 0 Å². The first-order chi connectivity index (χ1) is 1.89. The summed E-state index contributed by atoms with van der Waals surface area (Å²) in [5.41, 5.74) is 1.11. The Morgan fingerprint density at radius 2 is 1.60 bits per heavy atom. The van der Waals surface area contributed by atoms with Crippen molar-refractivity contribution in [1.82, 2.24) is 0 Å². The number of hydrogen-bond donors (Lipinski definition) is 0. The molecule has 0 nitrogen and oxygen atoms in total. The number of halogens is 1. The Balaban J connectivity index is 0.000000160. The zero-order valence-electron chi connectivity index (χ0n) is 3.08. The fraction of sp³-hybridized carbons (Fsp3) is 1.00.